The molecule has 1 heterocycles. The molecule has 0 saturated carbocycles. The zero-order chi connectivity index (χ0) is 14.4. The van der Waals surface area contributed by atoms with Gasteiger partial charge in [0.2, 0.25) is 0 Å². The lowest BCUT2D eigenvalue weighted by atomic mass is 10.1. The highest BCUT2D eigenvalue weighted by Gasteiger charge is 2.24. The van der Waals surface area contributed by atoms with Crippen molar-refractivity contribution < 1.29 is 9.53 Å². The van der Waals surface area contributed by atoms with Gasteiger partial charge in [-0.15, -0.1) is 0 Å². The van der Waals surface area contributed by atoms with Crippen LogP contribution in [0.2, 0.25) is 5.02 Å². The molecule has 0 aromatic heterocycles. The summed E-state index contributed by atoms with van der Waals surface area (Å²) in [5.74, 6) is 0.657. The third-order valence-electron chi connectivity index (χ3n) is 3.53. The second kappa shape index (κ2) is 7.50. The summed E-state index contributed by atoms with van der Waals surface area (Å²) in [6, 6.07) is 7.39. The Balaban J connectivity index is 1.88. The summed E-state index contributed by atoms with van der Waals surface area (Å²) in [6.07, 6.45) is 2.17. The van der Waals surface area contributed by atoms with Crippen LogP contribution in [0.1, 0.15) is 19.8 Å². The van der Waals surface area contributed by atoms with Gasteiger partial charge in [-0.2, -0.15) is 0 Å². The van der Waals surface area contributed by atoms with E-state index in [0.29, 0.717) is 17.3 Å². The average molecular weight is 297 g/mol. The van der Waals surface area contributed by atoms with Crippen LogP contribution in [-0.4, -0.2) is 43.1 Å². The molecule has 2 rings (SSSR count). The summed E-state index contributed by atoms with van der Waals surface area (Å²) in [5.41, 5.74) is 0. The molecular formula is C15H21ClN2O2. The molecule has 1 saturated heterocycles. The molecule has 1 aliphatic rings. The number of nitrogens with zero attached hydrogens (tertiary/aromatic N) is 1. The van der Waals surface area contributed by atoms with Gasteiger partial charge in [-0.25, -0.2) is 0 Å². The van der Waals surface area contributed by atoms with E-state index in [1.54, 1.807) is 18.2 Å². The molecule has 0 spiro atoms. The number of amides is 1. The Morgan fingerprint density at radius 1 is 1.55 bits per heavy atom. The van der Waals surface area contributed by atoms with Gasteiger partial charge in [-0.05, 0) is 44.5 Å². The smallest absolute Gasteiger partial charge is 0.260 e. The fraction of sp³-hybridized carbons (Fsp3) is 0.533. The summed E-state index contributed by atoms with van der Waals surface area (Å²) in [6.45, 7) is 4.69. The standard InChI is InChI=1S/C15H21ClN2O2/c1-2-18(13-6-4-8-17-10-13)15(19)11-20-14-7-3-5-12(16)9-14/h3,5,7,9,13,17H,2,4,6,8,10-11H2,1H3. The van der Waals surface area contributed by atoms with Crippen molar-refractivity contribution in [1.29, 1.82) is 0 Å². The molecule has 110 valence electrons. The maximum absolute atomic E-state index is 12.3. The summed E-state index contributed by atoms with van der Waals surface area (Å²) in [4.78, 5) is 14.2. The molecule has 0 aliphatic carbocycles. The number of benzene rings is 1. The summed E-state index contributed by atoms with van der Waals surface area (Å²) < 4.78 is 5.53. The van der Waals surface area contributed by atoms with E-state index in [-0.39, 0.29) is 18.6 Å². The van der Waals surface area contributed by atoms with Crippen LogP contribution in [-0.2, 0) is 4.79 Å². The Morgan fingerprint density at radius 3 is 3.05 bits per heavy atom. The maximum Gasteiger partial charge on any atom is 0.260 e. The van der Waals surface area contributed by atoms with Crippen molar-refractivity contribution >= 4 is 17.5 Å². The molecule has 0 bridgehead atoms. The van der Waals surface area contributed by atoms with E-state index in [4.69, 9.17) is 16.3 Å². The number of carbonyl (C=O) groups excluding carboxylic acids is 1. The maximum atomic E-state index is 12.3. The van der Waals surface area contributed by atoms with E-state index in [1.165, 1.54) is 0 Å². The molecule has 20 heavy (non-hydrogen) atoms. The second-order valence-corrected chi connectivity index (χ2v) is 5.36. The van der Waals surface area contributed by atoms with Crippen LogP contribution in [0.5, 0.6) is 5.75 Å². The van der Waals surface area contributed by atoms with Crippen LogP contribution in [0.25, 0.3) is 0 Å². The third-order valence-corrected chi connectivity index (χ3v) is 3.77. The Hall–Kier alpha value is -1.26. The first-order chi connectivity index (χ1) is 9.70. The van der Waals surface area contributed by atoms with Gasteiger partial charge in [0.05, 0.1) is 0 Å². The highest BCUT2D eigenvalue weighted by Crippen LogP contribution is 2.17. The van der Waals surface area contributed by atoms with Crippen LogP contribution >= 0.6 is 11.6 Å². The first kappa shape index (κ1) is 15.1. The largest absolute Gasteiger partial charge is 0.484 e. The average Bonchev–Trinajstić information content (AvgIpc) is 2.47. The van der Waals surface area contributed by atoms with Gasteiger partial charge in [-0.1, -0.05) is 17.7 Å². The summed E-state index contributed by atoms with van der Waals surface area (Å²) >= 11 is 5.89. The topological polar surface area (TPSA) is 41.6 Å². The highest BCUT2D eigenvalue weighted by atomic mass is 35.5. The molecule has 1 N–H and O–H groups in total. The van der Waals surface area contributed by atoms with Gasteiger partial charge < -0.3 is 15.0 Å². The molecule has 1 unspecified atom stereocenters. The van der Waals surface area contributed by atoms with Crippen molar-refractivity contribution in [1.82, 2.24) is 10.2 Å². The number of rotatable bonds is 5. The monoisotopic (exact) mass is 296 g/mol. The quantitative estimate of drug-likeness (QED) is 0.907. The molecule has 0 radical (unpaired) electrons. The summed E-state index contributed by atoms with van der Waals surface area (Å²) in [7, 11) is 0. The van der Waals surface area contributed by atoms with Crippen molar-refractivity contribution in [2.75, 3.05) is 26.2 Å². The van der Waals surface area contributed by atoms with E-state index in [2.05, 4.69) is 5.32 Å². The van der Waals surface area contributed by atoms with Crippen LogP contribution in [0.15, 0.2) is 24.3 Å². The van der Waals surface area contributed by atoms with E-state index < -0.39 is 0 Å². The van der Waals surface area contributed by atoms with Crippen LogP contribution in [0.4, 0.5) is 0 Å². The molecular weight excluding hydrogens is 276 g/mol. The number of nitrogens with one attached hydrogen (secondary N) is 1. The molecule has 1 fully saturated rings. The number of hydrogen-bond donors (Lipinski definition) is 1. The van der Waals surface area contributed by atoms with Crippen molar-refractivity contribution in [3.8, 4) is 5.75 Å². The Bertz CT molecular complexity index is 447. The first-order valence-electron chi connectivity index (χ1n) is 7.09. The van der Waals surface area contributed by atoms with E-state index in [9.17, 15) is 4.79 Å². The van der Waals surface area contributed by atoms with Crippen LogP contribution in [0, 0.1) is 0 Å². The summed E-state index contributed by atoms with van der Waals surface area (Å²) in [5, 5.41) is 3.94. The van der Waals surface area contributed by atoms with Crippen molar-refractivity contribution in [2.45, 2.75) is 25.8 Å². The zero-order valence-electron chi connectivity index (χ0n) is 11.8. The fourth-order valence-corrected chi connectivity index (χ4v) is 2.70. The van der Waals surface area contributed by atoms with E-state index >= 15 is 0 Å². The lowest BCUT2D eigenvalue weighted by Gasteiger charge is -2.33. The molecule has 4 nitrogen and oxygen atoms in total. The van der Waals surface area contributed by atoms with E-state index in [0.717, 1.165) is 25.9 Å². The van der Waals surface area contributed by atoms with Gasteiger partial charge in [0, 0.05) is 24.2 Å². The van der Waals surface area contributed by atoms with Crippen LogP contribution in [0.3, 0.4) is 0 Å². The molecule has 1 amide bonds. The second-order valence-electron chi connectivity index (χ2n) is 4.93. The van der Waals surface area contributed by atoms with Crippen molar-refractivity contribution in [2.24, 2.45) is 0 Å². The third kappa shape index (κ3) is 4.12. The predicted octanol–water partition coefficient (Wildman–Crippen LogP) is 2.32. The minimum atomic E-state index is 0.0289. The zero-order valence-corrected chi connectivity index (χ0v) is 12.5. The van der Waals surface area contributed by atoms with Gasteiger partial charge >= 0.3 is 0 Å². The number of piperidine rings is 1. The fourth-order valence-electron chi connectivity index (χ4n) is 2.52. The normalized spacial score (nSPS) is 18.6. The van der Waals surface area contributed by atoms with E-state index in [1.807, 2.05) is 17.9 Å². The Morgan fingerprint density at radius 2 is 2.40 bits per heavy atom. The molecule has 1 aromatic rings. The lowest BCUT2D eigenvalue weighted by molar-refractivity contribution is -0.135. The van der Waals surface area contributed by atoms with Gasteiger partial charge in [0.15, 0.2) is 6.61 Å². The SMILES string of the molecule is CCN(C(=O)COc1cccc(Cl)c1)C1CCCNC1. The Kier molecular flexibility index (Phi) is 5.68. The molecule has 1 atom stereocenters. The van der Waals surface area contributed by atoms with Crippen molar-refractivity contribution in [3.63, 3.8) is 0 Å². The minimum absolute atomic E-state index is 0.0289. The van der Waals surface area contributed by atoms with Crippen LogP contribution < -0.4 is 10.1 Å². The molecule has 1 aromatic carbocycles. The molecule has 5 heteroatoms. The number of halogens is 1. The number of ether oxygens (including phenoxy) is 1. The predicted molar refractivity (Wildman–Crippen MR) is 80.2 cm³/mol. The minimum Gasteiger partial charge on any atom is -0.484 e. The number of carbonyl (C=O) groups is 1. The van der Waals surface area contributed by atoms with Gasteiger partial charge in [-0.3, -0.25) is 4.79 Å². The molecule has 1 aliphatic heterocycles. The number of hydrogen-bond acceptors (Lipinski definition) is 3. The highest BCUT2D eigenvalue weighted by molar-refractivity contribution is 6.30. The first-order valence-corrected chi connectivity index (χ1v) is 7.47. The lowest BCUT2D eigenvalue weighted by Crippen LogP contribution is -2.49. The Labute approximate surface area is 125 Å². The van der Waals surface area contributed by atoms with Gasteiger partial charge in [0.1, 0.15) is 5.75 Å². The van der Waals surface area contributed by atoms with Gasteiger partial charge in [0.25, 0.3) is 5.91 Å². The number of likely N-dealkylation sites (N-methyl/N-ethyl adjacent to an activating group) is 1. The van der Waals surface area contributed by atoms with Crippen molar-refractivity contribution in [3.05, 3.63) is 29.3 Å².